The zero-order valence-electron chi connectivity index (χ0n) is 31.4. The summed E-state index contributed by atoms with van der Waals surface area (Å²) < 4.78 is 17.4. The summed E-state index contributed by atoms with van der Waals surface area (Å²) in [5, 5.41) is 28.1. The molecule has 296 valence electrons. The third kappa shape index (κ3) is 11.5. The summed E-state index contributed by atoms with van der Waals surface area (Å²) in [6.07, 6.45) is -0.560. The fourth-order valence-corrected chi connectivity index (χ4v) is 5.93. The number of amides is 3. The Morgan fingerprint density at radius 2 is 1.41 bits per heavy atom. The third-order valence-corrected chi connectivity index (χ3v) is 8.83. The molecule has 6 rings (SSSR count). The predicted octanol–water partition coefficient (Wildman–Crippen LogP) is 6.97. The van der Waals surface area contributed by atoms with Gasteiger partial charge in [-0.2, -0.15) is 5.26 Å². The summed E-state index contributed by atoms with van der Waals surface area (Å²) in [6, 6.07) is 34.4. The number of ketones is 1. The summed E-state index contributed by atoms with van der Waals surface area (Å²) >= 11 is 0. The van der Waals surface area contributed by atoms with Crippen LogP contribution in [-0.2, 0) is 34.0 Å². The molecule has 0 spiro atoms. The van der Waals surface area contributed by atoms with E-state index in [0.29, 0.717) is 65.4 Å². The van der Waals surface area contributed by atoms with E-state index in [2.05, 4.69) is 42.6 Å². The largest absolute Gasteiger partial charge is 0.445 e. The molecule has 0 radical (unpaired) electrons. The van der Waals surface area contributed by atoms with Crippen LogP contribution in [-0.4, -0.2) is 56.5 Å². The number of alkyl carbamates (subject to hydrolysis) is 2. The van der Waals surface area contributed by atoms with E-state index in [9.17, 15) is 19.2 Å². The number of anilines is 2. The van der Waals surface area contributed by atoms with E-state index in [4.69, 9.17) is 19.4 Å². The lowest BCUT2D eigenvalue weighted by Crippen LogP contribution is -2.48. The first-order valence-electron chi connectivity index (χ1n) is 18.6. The van der Waals surface area contributed by atoms with E-state index >= 15 is 0 Å². The minimum atomic E-state index is -0.808. The third-order valence-electron chi connectivity index (χ3n) is 8.83. The molecular formula is C42H41N9O7. The maximum atomic E-state index is 13.6. The van der Waals surface area contributed by atoms with Gasteiger partial charge in [0, 0.05) is 24.2 Å². The van der Waals surface area contributed by atoms with E-state index in [-0.39, 0.29) is 44.3 Å². The topological polar surface area (TPSA) is 215 Å². The average Bonchev–Trinajstić information content (AvgIpc) is 3.86. The Hall–Kier alpha value is -7.54. The summed E-state index contributed by atoms with van der Waals surface area (Å²) in [5.74, 6) is 0.243. The van der Waals surface area contributed by atoms with Crippen molar-refractivity contribution in [3.63, 3.8) is 0 Å². The van der Waals surface area contributed by atoms with Gasteiger partial charge in [-0.15, -0.1) is 0 Å². The van der Waals surface area contributed by atoms with Crippen molar-refractivity contribution in [2.24, 2.45) is 0 Å². The first-order chi connectivity index (χ1) is 28.4. The smallest absolute Gasteiger partial charge is 0.409 e. The molecule has 16 heteroatoms. The minimum Gasteiger partial charge on any atom is -0.445 e. The van der Waals surface area contributed by atoms with Gasteiger partial charge in [0.15, 0.2) is 17.3 Å². The molecule has 4 aromatic carbocycles. The number of nitrogens with zero attached hydrogens (tertiary/aromatic N) is 5. The van der Waals surface area contributed by atoms with Crippen molar-refractivity contribution in [2.45, 2.75) is 58.0 Å². The van der Waals surface area contributed by atoms with Gasteiger partial charge in [-0.25, -0.2) is 19.2 Å². The number of carbonyl (C=O) groups is 4. The lowest BCUT2D eigenvalue weighted by molar-refractivity contribution is -0.116. The minimum absolute atomic E-state index is 0.0575. The number of hydrogen-bond donors (Lipinski definition) is 4. The molecule has 0 saturated carbocycles. The van der Waals surface area contributed by atoms with E-state index in [1.165, 1.54) is 0 Å². The van der Waals surface area contributed by atoms with E-state index in [0.717, 1.165) is 11.1 Å². The molecule has 0 unspecified atom stereocenters. The van der Waals surface area contributed by atoms with E-state index in [1.807, 2.05) is 84.9 Å². The molecule has 0 bridgehead atoms. The number of unbranched alkanes of at least 4 members (excludes halogenated alkanes) is 1. The van der Waals surface area contributed by atoms with E-state index in [1.54, 1.807) is 28.8 Å². The van der Waals surface area contributed by atoms with Crippen molar-refractivity contribution in [1.29, 1.82) is 5.26 Å². The van der Waals surface area contributed by atoms with Crippen LogP contribution >= 0.6 is 0 Å². The van der Waals surface area contributed by atoms with E-state index < -0.39 is 18.4 Å². The number of fused-ring (bicyclic) bond motifs is 1. The van der Waals surface area contributed by atoms with Crippen LogP contribution in [0.15, 0.2) is 114 Å². The number of imidazole rings is 1. The second kappa shape index (κ2) is 20.4. The van der Waals surface area contributed by atoms with Gasteiger partial charge in [-0.05, 0) is 77.1 Å². The number of benzene rings is 4. The number of Topliss-reactive ketones (excluding diaryl/α,β-unsaturated/α-hetero) is 1. The molecule has 2 heterocycles. The zero-order chi connectivity index (χ0) is 40.5. The quantitative estimate of drug-likeness (QED) is 0.0372. The van der Waals surface area contributed by atoms with Gasteiger partial charge in [-0.3, -0.25) is 9.59 Å². The lowest BCUT2D eigenvalue weighted by Gasteiger charge is -2.20. The molecule has 0 fully saturated rings. The van der Waals surface area contributed by atoms with Crippen LogP contribution in [0.4, 0.5) is 21.1 Å². The summed E-state index contributed by atoms with van der Waals surface area (Å²) in [5.41, 5.74) is 4.24. The summed E-state index contributed by atoms with van der Waals surface area (Å²) in [7, 11) is 0. The highest BCUT2D eigenvalue weighted by Crippen LogP contribution is 2.28. The second-order valence-corrected chi connectivity index (χ2v) is 13.1. The SMILES string of the molecule is N#CCCNc1nonc1-c1nc2ccccc2n1CC(=O)c1ccc(NC(=O)CCCCC(NC(=O)OCc2ccccc2)NC(=O)OCc2ccccc2)cc1. The average molecular weight is 784 g/mol. The molecule has 58 heavy (non-hydrogen) atoms. The molecule has 16 nitrogen and oxygen atoms in total. The van der Waals surface area contributed by atoms with Crippen LogP contribution in [0.2, 0.25) is 0 Å². The van der Waals surface area contributed by atoms with Crippen molar-refractivity contribution in [2.75, 3.05) is 17.2 Å². The van der Waals surface area contributed by atoms with Crippen molar-refractivity contribution < 1.29 is 33.3 Å². The Morgan fingerprint density at radius 3 is 2.07 bits per heavy atom. The molecular weight excluding hydrogens is 743 g/mol. The number of hydrogen-bond acceptors (Lipinski definition) is 12. The van der Waals surface area contributed by atoms with Gasteiger partial charge in [0.05, 0.1) is 30.1 Å². The molecule has 0 atom stereocenters. The number of carbonyl (C=O) groups excluding carboxylic acids is 4. The number of aromatic nitrogens is 4. The fraction of sp³-hybridized carbons (Fsp3) is 0.238. The van der Waals surface area contributed by atoms with Gasteiger partial charge in [-0.1, -0.05) is 72.8 Å². The molecule has 0 aliphatic heterocycles. The van der Waals surface area contributed by atoms with Crippen molar-refractivity contribution >= 4 is 46.4 Å². The predicted molar refractivity (Wildman–Crippen MR) is 213 cm³/mol. The maximum Gasteiger partial charge on any atom is 0.409 e. The monoisotopic (exact) mass is 783 g/mol. The molecule has 3 amide bonds. The Kier molecular flexibility index (Phi) is 14.1. The Morgan fingerprint density at radius 1 is 0.776 bits per heavy atom. The molecule has 2 aromatic heterocycles. The number of ether oxygens (including phenoxy) is 2. The van der Waals surface area contributed by atoms with Gasteiger partial charge < -0.3 is 35.3 Å². The molecule has 4 N–H and O–H groups in total. The molecule has 0 saturated heterocycles. The van der Waals surface area contributed by atoms with Crippen molar-refractivity contribution in [3.05, 3.63) is 126 Å². The van der Waals surface area contributed by atoms with Crippen molar-refractivity contribution in [3.8, 4) is 17.6 Å². The van der Waals surface area contributed by atoms with Crippen LogP contribution in [0.1, 0.15) is 53.6 Å². The summed E-state index contributed by atoms with van der Waals surface area (Å²) in [6.45, 7) is 0.382. The maximum absolute atomic E-state index is 13.6. The van der Waals surface area contributed by atoms with Crippen LogP contribution in [0.3, 0.4) is 0 Å². The highest BCUT2D eigenvalue weighted by Gasteiger charge is 2.23. The van der Waals surface area contributed by atoms with Gasteiger partial charge in [0.2, 0.25) is 11.7 Å². The molecule has 6 aromatic rings. The van der Waals surface area contributed by atoms with Crippen molar-refractivity contribution in [1.82, 2.24) is 30.5 Å². The summed E-state index contributed by atoms with van der Waals surface area (Å²) in [4.78, 5) is 56.3. The number of nitriles is 1. The first kappa shape index (κ1) is 40.1. The van der Waals surface area contributed by atoms with Crippen LogP contribution in [0.5, 0.6) is 0 Å². The number of rotatable bonds is 19. The standard InChI is InChI=1S/C42H41N9O7/c43-24-11-25-44-39-38(49-58-50-39)40-46-33-16-7-8-17-34(33)51(40)26-35(52)31-20-22-32(23-21-31)45-37(53)19-10-9-18-36(47-41(54)56-27-29-12-3-1-4-13-29)48-42(55)57-28-30-14-5-2-6-15-30/h1-8,12-17,20-23,36H,9-11,18-19,25-28H2,(H,44,50)(H,45,53)(H,47,54)(H,48,55). The zero-order valence-corrected chi connectivity index (χ0v) is 31.4. The first-order valence-corrected chi connectivity index (χ1v) is 18.6. The van der Waals surface area contributed by atoms with Gasteiger partial charge in [0.1, 0.15) is 19.4 Å². The highest BCUT2D eigenvalue weighted by atomic mass is 16.6. The number of para-hydroxylation sites is 2. The Balaban J connectivity index is 1.00. The Bertz CT molecular complexity index is 2280. The van der Waals surface area contributed by atoms with Gasteiger partial charge in [0.25, 0.3) is 0 Å². The Labute approximate surface area is 333 Å². The van der Waals surface area contributed by atoms with Gasteiger partial charge >= 0.3 is 12.2 Å². The van der Waals surface area contributed by atoms with Crippen LogP contribution in [0.25, 0.3) is 22.6 Å². The molecule has 0 aliphatic rings. The number of nitrogens with one attached hydrogen (secondary N) is 4. The lowest BCUT2D eigenvalue weighted by atomic mass is 10.1. The van der Waals surface area contributed by atoms with Crippen LogP contribution in [0, 0.1) is 11.3 Å². The second-order valence-electron chi connectivity index (χ2n) is 13.1. The van der Waals surface area contributed by atoms with Crippen LogP contribution < -0.4 is 21.3 Å². The normalized spacial score (nSPS) is 10.8. The fourth-order valence-electron chi connectivity index (χ4n) is 5.93. The molecule has 0 aliphatic carbocycles. The highest BCUT2D eigenvalue weighted by molar-refractivity contribution is 5.98.